The first kappa shape index (κ1) is 17.4. The lowest BCUT2D eigenvalue weighted by molar-refractivity contribution is -0.387. The highest BCUT2D eigenvalue weighted by atomic mass is 19.4. The Balaban J connectivity index is 2.12. The molecule has 0 aliphatic carbocycles. The van der Waals surface area contributed by atoms with Crippen LogP contribution in [0.2, 0.25) is 0 Å². The van der Waals surface area contributed by atoms with E-state index in [-0.39, 0.29) is 17.7 Å². The summed E-state index contributed by atoms with van der Waals surface area (Å²) in [7, 11) is 0. The summed E-state index contributed by atoms with van der Waals surface area (Å²) < 4.78 is 51.0. The fourth-order valence-corrected chi connectivity index (χ4v) is 1.98. The van der Waals surface area contributed by atoms with Gasteiger partial charge < -0.3 is 5.32 Å². The van der Waals surface area contributed by atoms with Crippen LogP contribution in [-0.4, -0.2) is 10.8 Å². The molecule has 0 spiro atoms. The van der Waals surface area contributed by atoms with Crippen molar-refractivity contribution < 1.29 is 27.3 Å². The molecule has 0 radical (unpaired) electrons. The van der Waals surface area contributed by atoms with Gasteiger partial charge in [0.15, 0.2) is 0 Å². The molecule has 0 aliphatic rings. The fraction of sp³-hybridized carbons (Fsp3) is 0.133. The van der Waals surface area contributed by atoms with Gasteiger partial charge in [0.25, 0.3) is 0 Å². The van der Waals surface area contributed by atoms with Gasteiger partial charge in [-0.15, -0.1) is 0 Å². The summed E-state index contributed by atoms with van der Waals surface area (Å²) in [5, 5.41) is 12.9. The summed E-state index contributed by atoms with van der Waals surface area (Å²) in [4.78, 5) is 21.5. The van der Waals surface area contributed by atoms with Gasteiger partial charge in [-0.3, -0.25) is 14.9 Å². The van der Waals surface area contributed by atoms with E-state index in [0.717, 1.165) is 30.3 Å². The van der Waals surface area contributed by atoms with E-state index in [9.17, 15) is 32.5 Å². The molecule has 2 rings (SSSR count). The molecule has 24 heavy (non-hydrogen) atoms. The molecule has 0 aromatic heterocycles. The molecule has 2 aromatic rings. The molecule has 2 aromatic carbocycles. The highest BCUT2D eigenvalue weighted by Crippen LogP contribution is 2.29. The summed E-state index contributed by atoms with van der Waals surface area (Å²) in [6.45, 7) is 0. The third kappa shape index (κ3) is 4.28. The average Bonchev–Trinajstić information content (AvgIpc) is 2.48. The van der Waals surface area contributed by atoms with Gasteiger partial charge in [0.1, 0.15) is 0 Å². The van der Waals surface area contributed by atoms with E-state index in [4.69, 9.17) is 0 Å². The molecule has 0 saturated carbocycles. The van der Waals surface area contributed by atoms with Crippen LogP contribution in [0.1, 0.15) is 11.1 Å². The summed E-state index contributed by atoms with van der Waals surface area (Å²) >= 11 is 0. The Labute approximate surface area is 133 Å². The maximum atomic E-state index is 13.2. The van der Waals surface area contributed by atoms with Crippen LogP contribution in [0, 0.1) is 15.9 Å². The first-order chi connectivity index (χ1) is 11.2. The number of nitro benzene ring substituents is 1. The number of carbonyl (C=O) groups excluding carboxylic acids is 1. The largest absolute Gasteiger partial charge is 0.416 e. The van der Waals surface area contributed by atoms with E-state index in [1.807, 2.05) is 0 Å². The van der Waals surface area contributed by atoms with Crippen LogP contribution in [-0.2, 0) is 17.4 Å². The Morgan fingerprint density at radius 3 is 2.50 bits per heavy atom. The standard InChI is InChI=1S/C15H10F4N2O3/c16-12-5-4-11(8-13(12)21(23)24)20-14(22)7-9-2-1-3-10(6-9)15(17,18)19/h1-6,8H,7H2,(H,20,22). The van der Waals surface area contributed by atoms with E-state index < -0.39 is 34.1 Å². The van der Waals surface area contributed by atoms with Gasteiger partial charge >= 0.3 is 11.9 Å². The minimum Gasteiger partial charge on any atom is -0.326 e. The summed E-state index contributed by atoms with van der Waals surface area (Å²) in [5.41, 5.74) is -1.60. The van der Waals surface area contributed by atoms with Crippen LogP contribution in [0.3, 0.4) is 0 Å². The highest BCUT2D eigenvalue weighted by molar-refractivity contribution is 5.92. The molecule has 0 saturated heterocycles. The second-order valence-electron chi connectivity index (χ2n) is 4.85. The molecule has 1 amide bonds. The van der Waals surface area contributed by atoms with Crippen LogP contribution in [0.5, 0.6) is 0 Å². The Morgan fingerprint density at radius 1 is 1.17 bits per heavy atom. The van der Waals surface area contributed by atoms with Crippen molar-refractivity contribution in [2.75, 3.05) is 5.32 Å². The van der Waals surface area contributed by atoms with Crippen molar-refractivity contribution in [1.82, 2.24) is 0 Å². The van der Waals surface area contributed by atoms with E-state index in [2.05, 4.69) is 5.32 Å². The number of nitrogens with one attached hydrogen (secondary N) is 1. The van der Waals surface area contributed by atoms with Crippen LogP contribution in [0.25, 0.3) is 0 Å². The molecule has 0 fully saturated rings. The monoisotopic (exact) mass is 342 g/mol. The number of benzene rings is 2. The van der Waals surface area contributed by atoms with Crippen molar-refractivity contribution in [3.63, 3.8) is 0 Å². The lowest BCUT2D eigenvalue weighted by Gasteiger charge is -2.09. The number of nitrogens with zero attached hydrogens (tertiary/aromatic N) is 1. The van der Waals surface area contributed by atoms with Gasteiger partial charge in [0.2, 0.25) is 11.7 Å². The summed E-state index contributed by atoms with van der Waals surface area (Å²) in [5.74, 6) is -1.74. The van der Waals surface area contributed by atoms with Crippen LogP contribution >= 0.6 is 0 Å². The lowest BCUT2D eigenvalue weighted by atomic mass is 10.1. The number of carbonyl (C=O) groups is 1. The van der Waals surface area contributed by atoms with Gasteiger partial charge in [-0.1, -0.05) is 18.2 Å². The minimum atomic E-state index is -4.52. The molecule has 126 valence electrons. The fourth-order valence-electron chi connectivity index (χ4n) is 1.98. The van der Waals surface area contributed by atoms with Crippen LogP contribution < -0.4 is 5.32 Å². The predicted molar refractivity (Wildman–Crippen MR) is 76.8 cm³/mol. The highest BCUT2D eigenvalue weighted by Gasteiger charge is 2.30. The van der Waals surface area contributed by atoms with Crippen molar-refractivity contribution in [2.45, 2.75) is 12.6 Å². The second-order valence-corrected chi connectivity index (χ2v) is 4.85. The first-order valence-corrected chi connectivity index (χ1v) is 6.57. The molecule has 0 unspecified atom stereocenters. The number of rotatable bonds is 4. The molecular formula is C15H10F4N2O3. The number of nitro groups is 1. The third-order valence-corrected chi connectivity index (χ3v) is 3.05. The maximum absolute atomic E-state index is 13.2. The van der Waals surface area contributed by atoms with Crippen molar-refractivity contribution in [3.8, 4) is 0 Å². The van der Waals surface area contributed by atoms with Crippen molar-refractivity contribution in [1.29, 1.82) is 0 Å². The Kier molecular flexibility index (Phi) is 4.82. The Hall–Kier alpha value is -2.97. The van der Waals surface area contributed by atoms with Crippen molar-refractivity contribution in [3.05, 3.63) is 69.5 Å². The quantitative estimate of drug-likeness (QED) is 0.520. The number of halogens is 4. The zero-order chi connectivity index (χ0) is 17.9. The van der Waals surface area contributed by atoms with Gasteiger partial charge in [0.05, 0.1) is 16.9 Å². The van der Waals surface area contributed by atoms with E-state index in [1.54, 1.807) is 0 Å². The normalized spacial score (nSPS) is 11.2. The van der Waals surface area contributed by atoms with E-state index >= 15 is 0 Å². The summed E-state index contributed by atoms with van der Waals surface area (Å²) in [6, 6.07) is 7.01. The van der Waals surface area contributed by atoms with Gasteiger partial charge in [-0.25, -0.2) is 0 Å². The lowest BCUT2D eigenvalue weighted by Crippen LogP contribution is -2.15. The number of hydrogen-bond donors (Lipinski definition) is 1. The van der Waals surface area contributed by atoms with Gasteiger partial charge in [-0.2, -0.15) is 17.6 Å². The number of amides is 1. The SMILES string of the molecule is O=C(Cc1cccc(C(F)(F)F)c1)Nc1ccc(F)c([N+](=O)[O-])c1. The van der Waals surface area contributed by atoms with Crippen LogP contribution in [0.15, 0.2) is 42.5 Å². The molecule has 0 heterocycles. The molecule has 9 heteroatoms. The zero-order valence-corrected chi connectivity index (χ0v) is 11.9. The third-order valence-electron chi connectivity index (χ3n) is 3.05. The maximum Gasteiger partial charge on any atom is 0.416 e. The number of anilines is 1. The Bertz CT molecular complexity index is 791. The number of alkyl halides is 3. The zero-order valence-electron chi connectivity index (χ0n) is 11.9. The molecular weight excluding hydrogens is 332 g/mol. The Morgan fingerprint density at radius 2 is 1.88 bits per heavy atom. The van der Waals surface area contributed by atoms with Gasteiger partial charge in [0, 0.05) is 11.8 Å². The topological polar surface area (TPSA) is 72.2 Å². The van der Waals surface area contributed by atoms with Gasteiger partial charge in [-0.05, 0) is 23.8 Å². The molecule has 0 atom stereocenters. The first-order valence-electron chi connectivity index (χ1n) is 6.57. The number of hydrogen-bond acceptors (Lipinski definition) is 3. The molecule has 5 nitrogen and oxygen atoms in total. The average molecular weight is 342 g/mol. The van der Waals surface area contributed by atoms with Crippen molar-refractivity contribution in [2.24, 2.45) is 0 Å². The van der Waals surface area contributed by atoms with Crippen LogP contribution in [0.4, 0.5) is 28.9 Å². The van der Waals surface area contributed by atoms with E-state index in [0.29, 0.717) is 0 Å². The summed E-state index contributed by atoms with van der Waals surface area (Å²) in [6.07, 6.45) is -4.89. The molecule has 1 N–H and O–H groups in total. The van der Waals surface area contributed by atoms with Crippen molar-refractivity contribution >= 4 is 17.3 Å². The molecule has 0 aliphatic heterocycles. The smallest absolute Gasteiger partial charge is 0.326 e. The van der Waals surface area contributed by atoms with E-state index in [1.165, 1.54) is 12.1 Å². The predicted octanol–water partition coefficient (Wildman–Crippen LogP) is 3.93. The molecule has 0 bridgehead atoms. The second kappa shape index (κ2) is 6.65. The minimum absolute atomic E-state index is 0.0277.